The Morgan fingerprint density at radius 2 is 2.00 bits per heavy atom. The molecule has 0 radical (unpaired) electrons. The van der Waals surface area contributed by atoms with Crippen LogP contribution in [0.25, 0.3) is 0 Å². The molecule has 1 aliphatic heterocycles. The molecule has 0 atom stereocenters. The molecule has 8 heteroatoms. The van der Waals surface area contributed by atoms with Gasteiger partial charge in [-0.3, -0.25) is 9.19 Å². The summed E-state index contributed by atoms with van der Waals surface area (Å²) in [5.41, 5.74) is 0. The summed E-state index contributed by atoms with van der Waals surface area (Å²) in [6, 6.07) is 1.38. The van der Waals surface area contributed by atoms with E-state index in [0.717, 1.165) is 0 Å². The first-order valence-corrected chi connectivity index (χ1v) is 9.22. The van der Waals surface area contributed by atoms with E-state index in [1.54, 1.807) is 0 Å². The number of aromatic nitrogens is 1. The van der Waals surface area contributed by atoms with Crippen LogP contribution >= 0.6 is 15.9 Å². The number of sulfonamides is 1. The number of hydrogen-bond donors (Lipinski definition) is 1. The molecule has 1 fully saturated rings. The number of pyridine rings is 1. The van der Waals surface area contributed by atoms with Crippen molar-refractivity contribution in [3.8, 4) is 0 Å². The summed E-state index contributed by atoms with van der Waals surface area (Å²) >= 11 is 3.19. The summed E-state index contributed by atoms with van der Waals surface area (Å²) in [6.07, 6.45) is 4.08. The van der Waals surface area contributed by atoms with Crippen molar-refractivity contribution in [2.24, 2.45) is 0 Å². The molecule has 1 aromatic rings. The second-order valence-electron chi connectivity index (χ2n) is 4.08. The molecule has 0 spiro atoms. The molecule has 0 bridgehead atoms. The zero-order valence-electron chi connectivity index (χ0n) is 9.50. The van der Waals surface area contributed by atoms with E-state index in [-0.39, 0.29) is 10.9 Å². The van der Waals surface area contributed by atoms with Gasteiger partial charge < -0.3 is 0 Å². The Balaban J connectivity index is 2.10. The van der Waals surface area contributed by atoms with Crippen LogP contribution < -0.4 is 4.72 Å². The first kappa shape index (κ1) is 14.1. The molecule has 1 aliphatic rings. The molecular weight excluding hydrogens is 340 g/mol. The van der Waals surface area contributed by atoms with Crippen molar-refractivity contribution < 1.29 is 12.6 Å². The number of hydrogen-bond acceptors (Lipinski definition) is 4. The zero-order chi connectivity index (χ0) is 13.2. The first-order valence-electron chi connectivity index (χ1n) is 5.45. The normalized spacial score (nSPS) is 24.9. The van der Waals surface area contributed by atoms with Crippen molar-refractivity contribution in [3.63, 3.8) is 0 Å². The molecule has 18 heavy (non-hydrogen) atoms. The largest absolute Gasteiger partial charge is 0.262 e. The van der Waals surface area contributed by atoms with Gasteiger partial charge in [-0.15, -0.1) is 0 Å². The molecular formula is C10H13BrN2O3S2. The average molecular weight is 353 g/mol. The van der Waals surface area contributed by atoms with Gasteiger partial charge in [0, 0.05) is 45.2 Å². The van der Waals surface area contributed by atoms with E-state index in [1.165, 1.54) is 18.5 Å². The second-order valence-corrected chi connectivity index (χ2v) is 8.41. The fraction of sp³-hybridized carbons (Fsp3) is 0.500. The third-order valence-corrected chi connectivity index (χ3v) is 6.00. The topological polar surface area (TPSA) is 76.1 Å². The number of nitrogens with zero attached hydrogens (tertiary/aromatic N) is 1. The van der Waals surface area contributed by atoms with Crippen LogP contribution in [0.1, 0.15) is 12.8 Å². The second kappa shape index (κ2) is 5.77. The minimum absolute atomic E-state index is 0.133. The van der Waals surface area contributed by atoms with Crippen LogP contribution in [0.3, 0.4) is 0 Å². The smallest absolute Gasteiger partial charge is 0.242 e. The minimum Gasteiger partial charge on any atom is -0.262 e. The van der Waals surface area contributed by atoms with Crippen molar-refractivity contribution in [1.29, 1.82) is 0 Å². The van der Waals surface area contributed by atoms with Crippen molar-refractivity contribution in [3.05, 3.63) is 22.9 Å². The summed E-state index contributed by atoms with van der Waals surface area (Å²) in [5.74, 6) is 1.12. The van der Waals surface area contributed by atoms with E-state index in [9.17, 15) is 12.6 Å². The molecule has 2 heterocycles. The molecule has 0 amide bonds. The fourth-order valence-electron chi connectivity index (χ4n) is 1.74. The lowest BCUT2D eigenvalue weighted by molar-refractivity contribution is 0.521. The molecule has 0 aromatic carbocycles. The summed E-state index contributed by atoms with van der Waals surface area (Å²) in [7, 11) is -4.33. The van der Waals surface area contributed by atoms with Crippen LogP contribution in [0, 0.1) is 0 Å². The van der Waals surface area contributed by atoms with Gasteiger partial charge in [-0.25, -0.2) is 13.1 Å². The SMILES string of the molecule is O=S1CCC(NS(=O)(=O)c2cncc(Br)c2)CC1. The Labute approximate surface area is 117 Å². The van der Waals surface area contributed by atoms with Gasteiger partial charge in [0.05, 0.1) is 0 Å². The maximum absolute atomic E-state index is 12.1. The lowest BCUT2D eigenvalue weighted by Gasteiger charge is -2.22. The number of nitrogens with one attached hydrogen (secondary N) is 1. The van der Waals surface area contributed by atoms with Crippen LogP contribution in [0.2, 0.25) is 0 Å². The van der Waals surface area contributed by atoms with Crippen molar-refractivity contribution in [2.75, 3.05) is 11.5 Å². The molecule has 2 rings (SSSR count). The van der Waals surface area contributed by atoms with E-state index in [2.05, 4.69) is 25.6 Å². The summed E-state index contributed by atoms with van der Waals surface area (Å²) in [4.78, 5) is 3.98. The van der Waals surface area contributed by atoms with Gasteiger partial charge in [0.25, 0.3) is 0 Å². The quantitative estimate of drug-likeness (QED) is 0.881. The Morgan fingerprint density at radius 1 is 1.33 bits per heavy atom. The Bertz CT molecular complexity index is 552. The molecule has 0 unspecified atom stereocenters. The van der Waals surface area contributed by atoms with Gasteiger partial charge in [-0.2, -0.15) is 0 Å². The van der Waals surface area contributed by atoms with Gasteiger partial charge in [0.2, 0.25) is 10.0 Å². The number of halogens is 1. The molecule has 1 aromatic heterocycles. The van der Waals surface area contributed by atoms with Crippen LogP contribution in [-0.2, 0) is 20.8 Å². The van der Waals surface area contributed by atoms with Crippen LogP contribution in [-0.4, -0.2) is 35.2 Å². The summed E-state index contributed by atoms with van der Waals surface area (Å²) in [6.45, 7) is 0. The van der Waals surface area contributed by atoms with Crippen LogP contribution in [0.4, 0.5) is 0 Å². The van der Waals surface area contributed by atoms with Crippen molar-refractivity contribution in [2.45, 2.75) is 23.8 Å². The summed E-state index contributed by atoms with van der Waals surface area (Å²) in [5, 5.41) is 0. The molecule has 1 saturated heterocycles. The van der Waals surface area contributed by atoms with Crippen LogP contribution in [0.15, 0.2) is 27.8 Å². The van der Waals surface area contributed by atoms with Gasteiger partial charge in [-0.1, -0.05) is 0 Å². The van der Waals surface area contributed by atoms with Crippen LogP contribution in [0.5, 0.6) is 0 Å². The minimum atomic E-state index is -3.54. The molecule has 5 nitrogen and oxygen atoms in total. The zero-order valence-corrected chi connectivity index (χ0v) is 12.7. The van der Waals surface area contributed by atoms with Gasteiger partial charge >= 0.3 is 0 Å². The summed E-state index contributed by atoms with van der Waals surface area (Å²) < 4.78 is 38.6. The third-order valence-electron chi connectivity index (χ3n) is 2.70. The van der Waals surface area contributed by atoms with E-state index < -0.39 is 20.8 Å². The highest BCUT2D eigenvalue weighted by molar-refractivity contribution is 9.10. The van der Waals surface area contributed by atoms with E-state index in [1.807, 2.05) is 0 Å². The molecule has 0 aliphatic carbocycles. The number of rotatable bonds is 3. The Morgan fingerprint density at radius 3 is 2.61 bits per heavy atom. The van der Waals surface area contributed by atoms with Gasteiger partial charge in [0.15, 0.2) is 0 Å². The molecule has 0 saturated carbocycles. The van der Waals surface area contributed by atoms with Gasteiger partial charge in [-0.05, 0) is 34.8 Å². The lowest BCUT2D eigenvalue weighted by Crippen LogP contribution is -2.39. The average Bonchev–Trinajstić information content (AvgIpc) is 2.32. The maximum Gasteiger partial charge on any atom is 0.242 e. The standard InChI is InChI=1S/C10H13BrN2O3S2/c11-8-5-10(7-12-6-8)18(15,16)13-9-1-3-17(14)4-2-9/h5-7,9,13H,1-4H2. The Kier molecular flexibility index (Phi) is 4.52. The van der Waals surface area contributed by atoms with E-state index >= 15 is 0 Å². The third kappa shape index (κ3) is 3.59. The van der Waals surface area contributed by atoms with E-state index in [0.29, 0.717) is 28.8 Å². The monoisotopic (exact) mass is 352 g/mol. The highest BCUT2D eigenvalue weighted by Gasteiger charge is 2.24. The molecule has 1 N–H and O–H groups in total. The maximum atomic E-state index is 12.1. The first-order chi connectivity index (χ1) is 8.47. The molecule has 100 valence electrons. The Hall–Kier alpha value is -0.310. The van der Waals surface area contributed by atoms with Gasteiger partial charge in [0.1, 0.15) is 4.90 Å². The van der Waals surface area contributed by atoms with Crippen molar-refractivity contribution >= 4 is 36.8 Å². The highest BCUT2D eigenvalue weighted by Crippen LogP contribution is 2.17. The van der Waals surface area contributed by atoms with Crippen molar-refractivity contribution in [1.82, 2.24) is 9.71 Å². The van der Waals surface area contributed by atoms with E-state index in [4.69, 9.17) is 0 Å². The predicted octanol–water partition coefficient (Wildman–Crippen LogP) is 1.03. The lowest BCUT2D eigenvalue weighted by atomic mass is 10.2. The predicted molar refractivity (Wildman–Crippen MR) is 73.2 cm³/mol. The fourth-order valence-corrected chi connectivity index (χ4v) is 4.85. The highest BCUT2D eigenvalue weighted by atomic mass is 79.9.